The summed E-state index contributed by atoms with van der Waals surface area (Å²) in [5.74, 6) is 3.07. The average Bonchev–Trinajstić information content (AvgIpc) is 1.66. The van der Waals surface area contributed by atoms with Gasteiger partial charge in [-0.15, -0.1) is 23.2 Å². The van der Waals surface area contributed by atoms with Crippen molar-refractivity contribution in [3.8, 4) is 0 Å². The average molecular weight is 153 g/mol. The first-order valence-electron chi connectivity index (χ1n) is 3.00. The Morgan fingerprint density at radius 2 is 1.38 bits per heavy atom. The van der Waals surface area contributed by atoms with E-state index in [9.17, 15) is 0 Å². The molecule has 0 spiro atoms. The third-order valence-corrected chi connectivity index (χ3v) is 2.76. The van der Waals surface area contributed by atoms with Crippen LogP contribution in [0.5, 0.6) is 0 Å². The second-order valence-corrected chi connectivity index (χ2v) is 3.02. The predicted molar refractivity (Wildman–Crippen MR) is 37.7 cm³/mol. The lowest BCUT2D eigenvalue weighted by atomic mass is 9.76. The van der Waals surface area contributed by atoms with Gasteiger partial charge in [-0.05, 0) is 24.7 Å². The Hall–Kier alpha value is 0.580. The minimum atomic E-state index is 0.731. The van der Waals surface area contributed by atoms with E-state index < -0.39 is 0 Å². The number of alkyl halides is 2. The van der Waals surface area contributed by atoms with Crippen molar-refractivity contribution in [3.63, 3.8) is 0 Å². The zero-order valence-corrected chi connectivity index (χ0v) is 6.25. The smallest absolute Gasteiger partial charge is 0.0254 e. The second-order valence-electron chi connectivity index (χ2n) is 2.41. The van der Waals surface area contributed by atoms with Gasteiger partial charge in [0.25, 0.3) is 0 Å². The number of halogens is 2. The molecule has 1 aliphatic rings. The van der Waals surface area contributed by atoms with Crippen LogP contribution < -0.4 is 0 Å². The van der Waals surface area contributed by atoms with E-state index in [1.165, 1.54) is 12.8 Å². The number of hydrogen-bond donors (Lipinski definition) is 0. The van der Waals surface area contributed by atoms with Crippen molar-refractivity contribution in [1.82, 2.24) is 0 Å². The summed E-state index contributed by atoms with van der Waals surface area (Å²) in [4.78, 5) is 0. The maximum Gasteiger partial charge on any atom is 0.0254 e. The van der Waals surface area contributed by atoms with Gasteiger partial charge in [0.2, 0.25) is 0 Å². The topological polar surface area (TPSA) is 0 Å². The quantitative estimate of drug-likeness (QED) is 0.534. The van der Waals surface area contributed by atoms with Crippen LogP contribution in [0.25, 0.3) is 0 Å². The minimum Gasteiger partial charge on any atom is -0.126 e. The fraction of sp³-hybridized carbons (Fsp3) is 1.00. The van der Waals surface area contributed by atoms with Gasteiger partial charge in [-0.25, -0.2) is 0 Å². The predicted octanol–water partition coefficient (Wildman–Crippen LogP) is 2.49. The second kappa shape index (κ2) is 2.93. The summed E-state index contributed by atoms with van der Waals surface area (Å²) in [7, 11) is 0. The molecule has 0 aromatic heterocycles. The van der Waals surface area contributed by atoms with Crippen molar-refractivity contribution < 1.29 is 0 Å². The van der Waals surface area contributed by atoms with Crippen LogP contribution >= 0.6 is 23.2 Å². The van der Waals surface area contributed by atoms with Gasteiger partial charge in [0.05, 0.1) is 0 Å². The molecular weight excluding hydrogens is 143 g/mol. The molecule has 2 heteroatoms. The van der Waals surface area contributed by atoms with E-state index in [0.717, 1.165) is 23.6 Å². The summed E-state index contributed by atoms with van der Waals surface area (Å²) < 4.78 is 0. The molecule has 0 N–H and O–H groups in total. The Balaban J connectivity index is 2.16. The maximum absolute atomic E-state index is 5.62. The van der Waals surface area contributed by atoms with Crippen molar-refractivity contribution in [3.05, 3.63) is 0 Å². The van der Waals surface area contributed by atoms with Crippen LogP contribution in [0.15, 0.2) is 0 Å². The zero-order chi connectivity index (χ0) is 5.98. The summed E-state index contributed by atoms with van der Waals surface area (Å²) in [5, 5.41) is 0. The number of hydrogen-bond acceptors (Lipinski definition) is 0. The van der Waals surface area contributed by atoms with E-state index in [4.69, 9.17) is 23.2 Å². The standard InChI is InChI=1S/C6H10Cl2/c7-3-5-1-2-6(5)4-8/h5-6H,1-4H2. The van der Waals surface area contributed by atoms with E-state index in [-0.39, 0.29) is 0 Å². The molecule has 2 atom stereocenters. The summed E-state index contributed by atoms with van der Waals surface area (Å²) >= 11 is 11.2. The first kappa shape index (κ1) is 6.70. The monoisotopic (exact) mass is 152 g/mol. The van der Waals surface area contributed by atoms with Crippen LogP contribution in [-0.4, -0.2) is 11.8 Å². The summed E-state index contributed by atoms with van der Waals surface area (Å²) in [5.41, 5.74) is 0. The largest absolute Gasteiger partial charge is 0.126 e. The molecule has 2 unspecified atom stereocenters. The van der Waals surface area contributed by atoms with Gasteiger partial charge in [-0.1, -0.05) is 0 Å². The molecular formula is C6H10Cl2. The molecule has 0 aliphatic heterocycles. The van der Waals surface area contributed by atoms with Gasteiger partial charge < -0.3 is 0 Å². The van der Waals surface area contributed by atoms with Crippen molar-refractivity contribution in [2.24, 2.45) is 11.8 Å². The van der Waals surface area contributed by atoms with E-state index >= 15 is 0 Å². The molecule has 48 valence electrons. The van der Waals surface area contributed by atoms with Gasteiger partial charge in [0.1, 0.15) is 0 Å². The lowest BCUT2D eigenvalue weighted by Gasteiger charge is -2.33. The van der Waals surface area contributed by atoms with Crippen molar-refractivity contribution in [1.29, 1.82) is 0 Å². The van der Waals surface area contributed by atoms with Crippen LogP contribution in [0.2, 0.25) is 0 Å². The molecule has 1 aliphatic carbocycles. The first-order chi connectivity index (χ1) is 3.88. The van der Waals surface area contributed by atoms with Crippen molar-refractivity contribution >= 4 is 23.2 Å². The molecule has 0 heterocycles. The molecule has 0 saturated heterocycles. The molecule has 0 aromatic carbocycles. The van der Waals surface area contributed by atoms with Crippen LogP contribution in [0.3, 0.4) is 0 Å². The lowest BCUT2D eigenvalue weighted by molar-refractivity contribution is 0.226. The van der Waals surface area contributed by atoms with Gasteiger partial charge in [-0.3, -0.25) is 0 Å². The fourth-order valence-corrected chi connectivity index (χ4v) is 1.86. The maximum atomic E-state index is 5.62. The number of rotatable bonds is 2. The molecule has 1 fully saturated rings. The lowest BCUT2D eigenvalue weighted by Crippen LogP contribution is -2.28. The van der Waals surface area contributed by atoms with Gasteiger partial charge in [0, 0.05) is 11.8 Å². The Morgan fingerprint density at radius 1 is 1.00 bits per heavy atom. The summed E-state index contributed by atoms with van der Waals surface area (Å²) in [6.45, 7) is 0. The van der Waals surface area contributed by atoms with Crippen LogP contribution in [0.1, 0.15) is 12.8 Å². The molecule has 1 saturated carbocycles. The van der Waals surface area contributed by atoms with Crippen LogP contribution in [0, 0.1) is 11.8 Å². The minimum absolute atomic E-state index is 0.731. The van der Waals surface area contributed by atoms with Gasteiger partial charge in [-0.2, -0.15) is 0 Å². The summed E-state index contributed by atoms with van der Waals surface area (Å²) in [6, 6.07) is 0. The fourth-order valence-electron chi connectivity index (χ4n) is 1.04. The van der Waals surface area contributed by atoms with Crippen molar-refractivity contribution in [2.75, 3.05) is 11.8 Å². The van der Waals surface area contributed by atoms with E-state index in [2.05, 4.69) is 0 Å². The van der Waals surface area contributed by atoms with Crippen molar-refractivity contribution in [2.45, 2.75) is 12.8 Å². The van der Waals surface area contributed by atoms with E-state index in [1.807, 2.05) is 0 Å². The highest BCUT2D eigenvalue weighted by Crippen LogP contribution is 2.35. The molecule has 0 bridgehead atoms. The zero-order valence-electron chi connectivity index (χ0n) is 4.74. The highest BCUT2D eigenvalue weighted by Gasteiger charge is 2.28. The Kier molecular flexibility index (Phi) is 2.45. The highest BCUT2D eigenvalue weighted by molar-refractivity contribution is 6.19. The summed E-state index contributed by atoms with van der Waals surface area (Å²) in [6.07, 6.45) is 2.59. The van der Waals surface area contributed by atoms with Crippen LogP contribution in [0.4, 0.5) is 0 Å². The molecule has 8 heavy (non-hydrogen) atoms. The molecule has 0 nitrogen and oxygen atoms in total. The van der Waals surface area contributed by atoms with E-state index in [1.54, 1.807) is 0 Å². The van der Waals surface area contributed by atoms with Gasteiger partial charge >= 0.3 is 0 Å². The Bertz CT molecular complexity index is 58.9. The molecule has 0 radical (unpaired) electrons. The van der Waals surface area contributed by atoms with Gasteiger partial charge in [0.15, 0.2) is 0 Å². The van der Waals surface area contributed by atoms with E-state index in [0.29, 0.717) is 0 Å². The molecule has 0 amide bonds. The Labute approximate surface area is 60.2 Å². The highest BCUT2D eigenvalue weighted by atomic mass is 35.5. The molecule has 0 aromatic rings. The van der Waals surface area contributed by atoms with Crippen LogP contribution in [-0.2, 0) is 0 Å². The SMILES string of the molecule is ClCC1CCC1CCl. The normalized spacial score (nSPS) is 36.8. The third kappa shape index (κ3) is 1.11. The molecule has 1 rings (SSSR count). The third-order valence-electron chi connectivity index (χ3n) is 1.97. The first-order valence-corrected chi connectivity index (χ1v) is 4.07. The Morgan fingerprint density at radius 3 is 1.50 bits per heavy atom.